The Balaban J connectivity index is 2.06. The normalized spacial score (nSPS) is 25.6. The number of benzene rings is 1. The van der Waals surface area contributed by atoms with Crippen molar-refractivity contribution in [3.8, 4) is 5.75 Å². The Hall–Kier alpha value is -1.02. The van der Waals surface area contributed by atoms with Crippen LogP contribution in [-0.2, 0) is 5.41 Å². The second-order valence-corrected chi connectivity index (χ2v) is 6.72. The molecule has 1 aromatic rings. The van der Waals surface area contributed by atoms with E-state index in [0.717, 1.165) is 24.8 Å². The number of nitrogens with one attached hydrogen (secondary N) is 1. The summed E-state index contributed by atoms with van der Waals surface area (Å²) < 4.78 is 5.27. The van der Waals surface area contributed by atoms with Crippen molar-refractivity contribution in [1.29, 1.82) is 0 Å². The van der Waals surface area contributed by atoms with Crippen LogP contribution in [0.25, 0.3) is 0 Å². The zero-order chi connectivity index (χ0) is 14.6. The lowest BCUT2D eigenvalue weighted by Crippen LogP contribution is -2.49. The van der Waals surface area contributed by atoms with Crippen LogP contribution in [0.4, 0.5) is 0 Å². The number of rotatable bonds is 7. The smallest absolute Gasteiger partial charge is 0.118 e. The molecule has 0 aliphatic heterocycles. The maximum Gasteiger partial charge on any atom is 0.118 e. The molecule has 0 saturated heterocycles. The molecule has 0 unspecified atom stereocenters. The fraction of sp³-hybridized carbons (Fsp3) is 0.667. The van der Waals surface area contributed by atoms with Crippen LogP contribution >= 0.6 is 0 Å². The number of hydrogen-bond donors (Lipinski definition) is 1. The molecule has 0 heterocycles. The Morgan fingerprint density at radius 1 is 1.25 bits per heavy atom. The van der Waals surface area contributed by atoms with E-state index in [2.05, 4.69) is 50.4 Å². The van der Waals surface area contributed by atoms with Gasteiger partial charge in [0.2, 0.25) is 0 Å². The standard InChI is InChI=1S/C18H29NO/c1-5-15-10-18(11-15,13-19-12-14(2)3)16-6-8-17(20-4)9-7-16/h6-9,14-15,19H,5,10-13H2,1-4H3. The molecule has 0 aromatic heterocycles. The number of ether oxygens (including phenoxy) is 1. The number of methoxy groups -OCH3 is 1. The van der Waals surface area contributed by atoms with Crippen LogP contribution in [0.2, 0.25) is 0 Å². The molecule has 0 radical (unpaired) electrons. The fourth-order valence-corrected chi connectivity index (χ4v) is 3.36. The molecule has 1 aliphatic carbocycles. The van der Waals surface area contributed by atoms with Crippen LogP contribution in [-0.4, -0.2) is 20.2 Å². The van der Waals surface area contributed by atoms with E-state index >= 15 is 0 Å². The molecule has 112 valence electrons. The molecule has 20 heavy (non-hydrogen) atoms. The molecule has 0 bridgehead atoms. The van der Waals surface area contributed by atoms with E-state index in [1.165, 1.54) is 24.8 Å². The van der Waals surface area contributed by atoms with Gasteiger partial charge in [-0.05, 0) is 48.9 Å². The van der Waals surface area contributed by atoms with Crippen molar-refractivity contribution in [1.82, 2.24) is 5.32 Å². The van der Waals surface area contributed by atoms with E-state index in [9.17, 15) is 0 Å². The summed E-state index contributed by atoms with van der Waals surface area (Å²) in [5, 5.41) is 3.67. The summed E-state index contributed by atoms with van der Waals surface area (Å²) in [6, 6.07) is 8.70. The van der Waals surface area contributed by atoms with Gasteiger partial charge in [-0.2, -0.15) is 0 Å². The van der Waals surface area contributed by atoms with Crippen LogP contribution in [0.5, 0.6) is 5.75 Å². The Morgan fingerprint density at radius 3 is 2.40 bits per heavy atom. The van der Waals surface area contributed by atoms with E-state index in [1.54, 1.807) is 7.11 Å². The highest BCUT2D eigenvalue weighted by molar-refractivity contribution is 5.35. The highest BCUT2D eigenvalue weighted by Crippen LogP contribution is 2.49. The summed E-state index contributed by atoms with van der Waals surface area (Å²) >= 11 is 0. The molecular formula is C18H29NO. The lowest BCUT2D eigenvalue weighted by atomic mass is 9.58. The molecule has 0 atom stereocenters. The molecule has 2 nitrogen and oxygen atoms in total. The molecule has 1 fully saturated rings. The van der Waals surface area contributed by atoms with E-state index in [0.29, 0.717) is 11.3 Å². The minimum atomic E-state index is 0.349. The maximum absolute atomic E-state index is 5.27. The highest BCUT2D eigenvalue weighted by atomic mass is 16.5. The van der Waals surface area contributed by atoms with Crippen molar-refractivity contribution in [2.45, 2.75) is 45.4 Å². The second kappa shape index (κ2) is 6.62. The first-order chi connectivity index (χ1) is 9.59. The number of hydrogen-bond acceptors (Lipinski definition) is 2. The van der Waals surface area contributed by atoms with Gasteiger partial charge in [-0.15, -0.1) is 0 Å². The average Bonchev–Trinajstić information content (AvgIpc) is 2.41. The quantitative estimate of drug-likeness (QED) is 0.812. The van der Waals surface area contributed by atoms with Crippen molar-refractivity contribution < 1.29 is 4.74 Å². The van der Waals surface area contributed by atoms with Gasteiger partial charge in [0.15, 0.2) is 0 Å². The van der Waals surface area contributed by atoms with Crippen LogP contribution in [0.1, 0.15) is 45.6 Å². The minimum absolute atomic E-state index is 0.349. The molecule has 2 rings (SSSR count). The SMILES string of the molecule is CCC1CC(CNCC(C)C)(c2ccc(OC)cc2)C1. The van der Waals surface area contributed by atoms with Crippen LogP contribution in [0.15, 0.2) is 24.3 Å². The van der Waals surface area contributed by atoms with Gasteiger partial charge in [-0.3, -0.25) is 0 Å². The third-order valence-corrected chi connectivity index (χ3v) is 4.65. The zero-order valence-electron chi connectivity index (χ0n) is 13.4. The Labute approximate surface area is 123 Å². The first-order valence-electron chi connectivity index (χ1n) is 7.95. The zero-order valence-corrected chi connectivity index (χ0v) is 13.4. The van der Waals surface area contributed by atoms with Crippen molar-refractivity contribution in [3.05, 3.63) is 29.8 Å². The van der Waals surface area contributed by atoms with Gasteiger partial charge in [0, 0.05) is 12.0 Å². The molecule has 0 amide bonds. The summed E-state index contributed by atoms with van der Waals surface area (Å²) in [4.78, 5) is 0. The summed E-state index contributed by atoms with van der Waals surface area (Å²) in [5.74, 6) is 2.56. The van der Waals surface area contributed by atoms with Crippen LogP contribution in [0, 0.1) is 11.8 Å². The molecule has 0 spiro atoms. The van der Waals surface area contributed by atoms with Crippen molar-refractivity contribution in [2.24, 2.45) is 11.8 Å². The van der Waals surface area contributed by atoms with Crippen molar-refractivity contribution in [3.63, 3.8) is 0 Å². The van der Waals surface area contributed by atoms with Crippen molar-refractivity contribution in [2.75, 3.05) is 20.2 Å². The summed E-state index contributed by atoms with van der Waals surface area (Å²) in [6.07, 6.45) is 3.95. The Bertz CT molecular complexity index is 404. The largest absolute Gasteiger partial charge is 0.497 e. The first kappa shape index (κ1) is 15.4. The van der Waals surface area contributed by atoms with E-state index in [-0.39, 0.29) is 0 Å². The highest BCUT2D eigenvalue weighted by Gasteiger charge is 2.44. The lowest BCUT2D eigenvalue weighted by Gasteiger charge is -2.48. The van der Waals surface area contributed by atoms with Gasteiger partial charge in [0.25, 0.3) is 0 Å². The predicted molar refractivity (Wildman–Crippen MR) is 85.4 cm³/mol. The maximum atomic E-state index is 5.27. The summed E-state index contributed by atoms with van der Waals surface area (Å²) in [6.45, 7) is 9.05. The molecular weight excluding hydrogens is 246 g/mol. The topological polar surface area (TPSA) is 21.3 Å². The monoisotopic (exact) mass is 275 g/mol. The van der Waals surface area contributed by atoms with Crippen LogP contribution in [0.3, 0.4) is 0 Å². The Kier molecular flexibility index (Phi) is 5.09. The van der Waals surface area contributed by atoms with Gasteiger partial charge in [0.1, 0.15) is 5.75 Å². The van der Waals surface area contributed by atoms with Gasteiger partial charge in [-0.25, -0.2) is 0 Å². The average molecular weight is 275 g/mol. The summed E-state index contributed by atoms with van der Waals surface area (Å²) in [7, 11) is 1.73. The van der Waals surface area contributed by atoms with Gasteiger partial charge in [-0.1, -0.05) is 39.3 Å². The minimum Gasteiger partial charge on any atom is -0.497 e. The fourth-order valence-electron chi connectivity index (χ4n) is 3.36. The molecule has 1 aliphatic rings. The lowest BCUT2D eigenvalue weighted by molar-refractivity contribution is 0.133. The third kappa shape index (κ3) is 3.35. The Morgan fingerprint density at radius 2 is 1.90 bits per heavy atom. The third-order valence-electron chi connectivity index (χ3n) is 4.65. The predicted octanol–water partition coefficient (Wildman–Crippen LogP) is 4.00. The second-order valence-electron chi connectivity index (χ2n) is 6.72. The molecule has 1 aromatic carbocycles. The molecule has 1 N–H and O–H groups in total. The van der Waals surface area contributed by atoms with E-state index in [4.69, 9.17) is 4.74 Å². The molecule has 1 saturated carbocycles. The van der Waals surface area contributed by atoms with Gasteiger partial charge in [0.05, 0.1) is 7.11 Å². The summed E-state index contributed by atoms with van der Waals surface area (Å²) in [5.41, 5.74) is 1.82. The van der Waals surface area contributed by atoms with Gasteiger partial charge >= 0.3 is 0 Å². The van der Waals surface area contributed by atoms with E-state index in [1.807, 2.05) is 0 Å². The first-order valence-corrected chi connectivity index (χ1v) is 7.95. The molecule has 2 heteroatoms. The van der Waals surface area contributed by atoms with E-state index < -0.39 is 0 Å². The van der Waals surface area contributed by atoms with Crippen LogP contribution < -0.4 is 10.1 Å². The van der Waals surface area contributed by atoms with Crippen molar-refractivity contribution >= 4 is 0 Å². The van der Waals surface area contributed by atoms with Gasteiger partial charge < -0.3 is 10.1 Å².